The van der Waals surface area contributed by atoms with Crippen molar-refractivity contribution in [1.82, 2.24) is 20.7 Å². The predicted molar refractivity (Wildman–Crippen MR) is 72.6 cm³/mol. The van der Waals surface area contributed by atoms with E-state index in [4.69, 9.17) is 0 Å². The van der Waals surface area contributed by atoms with Crippen LogP contribution in [-0.4, -0.2) is 27.4 Å². The lowest BCUT2D eigenvalue weighted by Gasteiger charge is -2.22. The third kappa shape index (κ3) is 3.63. The molecule has 1 aromatic heterocycles. The molecule has 2 N–H and O–H groups in total. The van der Waals surface area contributed by atoms with Crippen LogP contribution in [0, 0.1) is 11.7 Å². The van der Waals surface area contributed by atoms with Crippen LogP contribution in [-0.2, 0) is 6.42 Å². The summed E-state index contributed by atoms with van der Waals surface area (Å²) < 4.78 is 12.9. The van der Waals surface area contributed by atoms with Crippen LogP contribution in [0.25, 0.3) is 0 Å². The molecular formula is C14H17FN4O. The van der Waals surface area contributed by atoms with Crippen molar-refractivity contribution in [1.29, 1.82) is 0 Å². The van der Waals surface area contributed by atoms with E-state index in [1.54, 1.807) is 12.1 Å². The monoisotopic (exact) mass is 276 g/mol. The van der Waals surface area contributed by atoms with Gasteiger partial charge >= 0.3 is 0 Å². The van der Waals surface area contributed by atoms with E-state index < -0.39 is 0 Å². The first-order valence-electron chi connectivity index (χ1n) is 6.47. The number of H-pyrrole nitrogens is 1. The highest BCUT2D eigenvalue weighted by Crippen LogP contribution is 2.12. The van der Waals surface area contributed by atoms with Gasteiger partial charge in [-0.2, -0.15) is 15.4 Å². The number of amides is 1. The summed E-state index contributed by atoms with van der Waals surface area (Å²) in [5, 5.41) is 12.7. The first-order chi connectivity index (χ1) is 9.56. The van der Waals surface area contributed by atoms with Crippen molar-refractivity contribution in [2.75, 3.05) is 0 Å². The third-order valence-electron chi connectivity index (χ3n) is 3.14. The average molecular weight is 276 g/mol. The normalized spacial score (nSPS) is 12.4. The molecule has 6 heteroatoms. The van der Waals surface area contributed by atoms with Crippen molar-refractivity contribution >= 4 is 5.91 Å². The van der Waals surface area contributed by atoms with Crippen LogP contribution in [0.1, 0.15) is 29.9 Å². The minimum atomic E-state index is -0.264. The molecular weight excluding hydrogens is 259 g/mol. The molecule has 1 aromatic carbocycles. The van der Waals surface area contributed by atoms with Gasteiger partial charge in [0.05, 0.1) is 6.20 Å². The van der Waals surface area contributed by atoms with Crippen LogP contribution in [0.3, 0.4) is 0 Å². The molecule has 0 radical (unpaired) electrons. The van der Waals surface area contributed by atoms with Crippen LogP contribution in [0.15, 0.2) is 30.5 Å². The Morgan fingerprint density at radius 3 is 2.60 bits per heavy atom. The van der Waals surface area contributed by atoms with Gasteiger partial charge in [0, 0.05) is 6.04 Å². The number of hydrogen-bond donors (Lipinski definition) is 2. The fourth-order valence-electron chi connectivity index (χ4n) is 1.88. The van der Waals surface area contributed by atoms with Gasteiger partial charge in [0.1, 0.15) is 5.82 Å². The summed E-state index contributed by atoms with van der Waals surface area (Å²) in [5.74, 6) is -0.281. The standard InChI is InChI=1S/C14H17FN4O/c1-9(2)12(7-10-3-5-11(15)6-4-10)17-14(20)13-8-16-19-18-13/h3-6,8-9,12H,7H2,1-2H3,(H,17,20)(H,16,18,19). The van der Waals surface area contributed by atoms with Crippen LogP contribution in [0.5, 0.6) is 0 Å². The molecule has 0 saturated carbocycles. The van der Waals surface area contributed by atoms with Gasteiger partial charge in [0.15, 0.2) is 5.69 Å². The summed E-state index contributed by atoms with van der Waals surface area (Å²) in [6.07, 6.45) is 2.02. The van der Waals surface area contributed by atoms with Crippen molar-refractivity contribution in [2.45, 2.75) is 26.3 Å². The topological polar surface area (TPSA) is 70.7 Å². The Morgan fingerprint density at radius 2 is 2.05 bits per heavy atom. The van der Waals surface area contributed by atoms with Crippen molar-refractivity contribution in [3.05, 3.63) is 47.5 Å². The zero-order valence-electron chi connectivity index (χ0n) is 11.4. The van der Waals surface area contributed by atoms with Crippen molar-refractivity contribution < 1.29 is 9.18 Å². The van der Waals surface area contributed by atoms with E-state index in [-0.39, 0.29) is 29.4 Å². The molecule has 20 heavy (non-hydrogen) atoms. The number of nitrogens with zero attached hydrogens (tertiary/aromatic N) is 2. The molecule has 1 heterocycles. The second kappa shape index (κ2) is 6.27. The number of rotatable bonds is 5. The molecule has 0 aliphatic rings. The molecule has 0 fully saturated rings. The lowest BCUT2D eigenvalue weighted by atomic mass is 9.96. The van der Waals surface area contributed by atoms with Gasteiger partial charge in [0.2, 0.25) is 0 Å². The minimum absolute atomic E-state index is 0.0512. The Hall–Kier alpha value is -2.24. The molecule has 1 unspecified atom stereocenters. The van der Waals surface area contributed by atoms with Crippen LogP contribution >= 0.6 is 0 Å². The van der Waals surface area contributed by atoms with E-state index in [0.717, 1.165) is 5.56 Å². The summed E-state index contributed by atoms with van der Waals surface area (Å²) in [7, 11) is 0. The molecule has 0 bridgehead atoms. The van der Waals surface area contributed by atoms with Crippen molar-refractivity contribution in [2.24, 2.45) is 5.92 Å². The van der Waals surface area contributed by atoms with Crippen molar-refractivity contribution in [3.8, 4) is 0 Å². The fourth-order valence-corrected chi connectivity index (χ4v) is 1.88. The van der Waals surface area contributed by atoms with E-state index in [2.05, 4.69) is 20.7 Å². The first-order valence-corrected chi connectivity index (χ1v) is 6.47. The molecule has 0 spiro atoms. The van der Waals surface area contributed by atoms with Gasteiger partial charge < -0.3 is 5.32 Å². The molecule has 2 aromatic rings. The van der Waals surface area contributed by atoms with Crippen LogP contribution < -0.4 is 5.32 Å². The molecule has 106 valence electrons. The number of aromatic amines is 1. The van der Waals surface area contributed by atoms with Gasteiger partial charge in [-0.15, -0.1) is 0 Å². The van der Waals surface area contributed by atoms with E-state index in [1.807, 2.05) is 13.8 Å². The van der Waals surface area contributed by atoms with Gasteiger partial charge in [-0.1, -0.05) is 26.0 Å². The summed E-state index contributed by atoms with van der Waals surface area (Å²) in [4.78, 5) is 12.0. The van der Waals surface area contributed by atoms with Crippen LogP contribution in [0.2, 0.25) is 0 Å². The lowest BCUT2D eigenvalue weighted by Crippen LogP contribution is -2.40. The summed E-state index contributed by atoms with van der Waals surface area (Å²) >= 11 is 0. The largest absolute Gasteiger partial charge is 0.347 e. The number of halogens is 1. The highest BCUT2D eigenvalue weighted by molar-refractivity contribution is 5.92. The molecule has 2 rings (SSSR count). The Labute approximate surface area is 116 Å². The number of carbonyl (C=O) groups is 1. The first kappa shape index (κ1) is 14.2. The average Bonchev–Trinajstić information content (AvgIpc) is 2.94. The van der Waals surface area contributed by atoms with Crippen LogP contribution in [0.4, 0.5) is 4.39 Å². The number of hydrogen-bond acceptors (Lipinski definition) is 3. The van der Waals surface area contributed by atoms with Crippen molar-refractivity contribution in [3.63, 3.8) is 0 Å². The highest BCUT2D eigenvalue weighted by atomic mass is 19.1. The quantitative estimate of drug-likeness (QED) is 0.876. The van der Waals surface area contributed by atoms with Gasteiger partial charge in [-0.3, -0.25) is 4.79 Å². The minimum Gasteiger partial charge on any atom is -0.347 e. The third-order valence-corrected chi connectivity index (χ3v) is 3.14. The molecule has 1 amide bonds. The molecule has 1 atom stereocenters. The van der Waals surface area contributed by atoms with Gasteiger partial charge in [-0.05, 0) is 30.0 Å². The van der Waals surface area contributed by atoms with Gasteiger partial charge in [-0.25, -0.2) is 4.39 Å². The maximum absolute atomic E-state index is 12.9. The zero-order chi connectivity index (χ0) is 14.5. The zero-order valence-corrected chi connectivity index (χ0v) is 11.4. The number of aromatic nitrogens is 3. The van der Waals surface area contributed by atoms with E-state index >= 15 is 0 Å². The Bertz CT molecular complexity index is 551. The molecule has 0 saturated heterocycles. The SMILES string of the molecule is CC(C)C(Cc1ccc(F)cc1)NC(=O)c1cn[nH]n1. The van der Waals surface area contributed by atoms with E-state index in [1.165, 1.54) is 18.3 Å². The summed E-state index contributed by atoms with van der Waals surface area (Å²) in [6, 6.07) is 6.25. The predicted octanol–water partition coefficient (Wildman–Crippen LogP) is 1.94. The summed E-state index contributed by atoms with van der Waals surface area (Å²) in [6.45, 7) is 4.05. The number of carbonyl (C=O) groups excluding carboxylic acids is 1. The number of nitrogens with one attached hydrogen (secondary N) is 2. The Balaban J connectivity index is 2.04. The second-order valence-corrected chi connectivity index (χ2v) is 5.01. The molecule has 0 aliphatic carbocycles. The maximum atomic E-state index is 12.9. The highest BCUT2D eigenvalue weighted by Gasteiger charge is 2.19. The Kier molecular flexibility index (Phi) is 4.45. The fraction of sp³-hybridized carbons (Fsp3) is 0.357. The lowest BCUT2D eigenvalue weighted by molar-refractivity contribution is 0.0920. The van der Waals surface area contributed by atoms with E-state index in [0.29, 0.717) is 6.42 Å². The van der Waals surface area contributed by atoms with Gasteiger partial charge in [0.25, 0.3) is 5.91 Å². The van der Waals surface area contributed by atoms with E-state index in [9.17, 15) is 9.18 Å². The molecule has 5 nitrogen and oxygen atoms in total. The number of benzene rings is 1. The second-order valence-electron chi connectivity index (χ2n) is 5.01. The molecule has 0 aliphatic heterocycles. The smallest absolute Gasteiger partial charge is 0.273 e. The maximum Gasteiger partial charge on any atom is 0.273 e. The Morgan fingerprint density at radius 1 is 1.35 bits per heavy atom. The summed E-state index contributed by atoms with van der Waals surface area (Å²) in [5.41, 5.74) is 1.24.